The molecule has 1 aromatic heterocycles. The van der Waals surface area contributed by atoms with E-state index in [2.05, 4.69) is 10.3 Å². The molecule has 2 heterocycles. The fourth-order valence-electron chi connectivity index (χ4n) is 4.52. The molecule has 2 amide bonds. The second-order valence-electron chi connectivity index (χ2n) is 8.97. The van der Waals surface area contributed by atoms with E-state index in [0.717, 1.165) is 16.7 Å². The number of rotatable bonds is 6. The van der Waals surface area contributed by atoms with Gasteiger partial charge in [-0.3, -0.25) is 14.6 Å². The summed E-state index contributed by atoms with van der Waals surface area (Å²) in [4.78, 5) is 32.5. The second kappa shape index (κ2) is 9.53. The zero-order valence-electron chi connectivity index (χ0n) is 18.9. The lowest BCUT2D eigenvalue weighted by Crippen LogP contribution is -2.47. The maximum Gasteiger partial charge on any atom is 0.253 e. The van der Waals surface area contributed by atoms with Gasteiger partial charge in [-0.1, -0.05) is 36.4 Å². The number of aromatic nitrogens is 1. The molecule has 5 nitrogen and oxygen atoms in total. The maximum absolute atomic E-state index is 13.7. The van der Waals surface area contributed by atoms with Crippen LogP contribution in [0.3, 0.4) is 0 Å². The fraction of sp³-hybridized carbons (Fsp3) is 0.296. The average Bonchev–Trinajstić information content (AvgIpc) is 3.24. The summed E-state index contributed by atoms with van der Waals surface area (Å²) in [7, 11) is 0. The minimum atomic E-state index is -0.772. The topological polar surface area (TPSA) is 62.3 Å². The molecule has 33 heavy (non-hydrogen) atoms. The quantitative estimate of drug-likeness (QED) is 0.608. The van der Waals surface area contributed by atoms with Crippen LogP contribution in [0.15, 0.2) is 73.1 Å². The van der Waals surface area contributed by atoms with Gasteiger partial charge in [-0.2, -0.15) is 0 Å². The molecule has 0 unspecified atom stereocenters. The van der Waals surface area contributed by atoms with Gasteiger partial charge in [-0.15, -0.1) is 0 Å². The highest BCUT2D eigenvalue weighted by Crippen LogP contribution is 2.38. The molecule has 1 saturated heterocycles. The molecule has 4 rings (SSSR count). The Hall–Kier alpha value is -3.54. The summed E-state index contributed by atoms with van der Waals surface area (Å²) in [5.41, 5.74) is 2.57. The van der Waals surface area contributed by atoms with Gasteiger partial charge < -0.3 is 10.2 Å². The van der Waals surface area contributed by atoms with Crippen LogP contribution in [-0.2, 0) is 11.2 Å². The van der Waals surface area contributed by atoms with Crippen LogP contribution in [0.1, 0.15) is 36.2 Å². The molecule has 0 saturated carbocycles. The highest BCUT2D eigenvalue weighted by atomic mass is 19.1. The Morgan fingerprint density at radius 3 is 2.67 bits per heavy atom. The Morgan fingerprint density at radius 2 is 1.94 bits per heavy atom. The van der Waals surface area contributed by atoms with E-state index < -0.39 is 11.2 Å². The fourth-order valence-corrected chi connectivity index (χ4v) is 4.52. The van der Waals surface area contributed by atoms with E-state index in [0.29, 0.717) is 24.9 Å². The van der Waals surface area contributed by atoms with Gasteiger partial charge in [0.05, 0.1) is 5.41 Å². The van der Waals surface area contributed by atoms with Crippen molar-refractivity contribution in [3.05, 3.63) is 90.0 Å². The number of nitrogens with one attached hydrogen (secondary N) is 1. The number of nitrogens with zero attached hydrogens (tertiary/aromatic N) is 2. The van der Waals surface area contributed by atoms with Crippen LogP contribution in [0.4, 0.5) is 4.39 Å². The van der Waals surface area contributed by atoms with E-state index in [1.54, 1.807) is 17.2 Å². The van der Waals surface area contributed by atoms with Gasteiger partial charge in [0, 0.05) is 42.7 Å². The number of hydrogen-bond donors (Lipinski definition) is 1. The Balaban J connectivity index is 1.66. The van der Waals surface area contributed by atoms with Gasteiger partial charge in [0.15, 0.2) is 0 Å². The van der Waals surface area contributed by atoms with Crippen molar-refractivity contribution in [1.29, 1.82) is 0 Å². The molecule has 6 heteroatoms. The zero-order chi connectivity index (χ0) is 23.4. The lowest BCUT2D eigenvalue weighted by molar-refractivity contribution is -0.130. The molecule has 170 valence electrons. The Bertz CT molecular complexity index is 1150. The molecule has 0 aliphatic carbocycles. The molecule has 1 aliphatic heterocycles. The van der Waals surface area contributed by atoms with Gasteiger partial charge in [0.1, 0.15) is 5.82 Å². The van der Waals surface area contributed by atoms with Crippen molar-refractivity contribution in [3.8, 4) is 11.1 Å². The van der Waals surface area contributed by atoms with E-state index >= 15 is 0 Å². The first kappa shape index (κ1) is 22.6. The normalized spacial score (nSPS) is 17.9. The van der Waals surface area contributed by atoms with Gasteiger partial charge in [-0.25, -0.2) is 4.39 Å². The predicted octanol–water partition coefficient (Wildman–Crippen LogP) is 4.49. The van der Waals surface area contributed by atoms with E-state index in [1.165, 1.54) is 18.2 Å². The second-order valence-corrected chi connectivity index (χ2v) is 8.97. The van der Waals surface area contributed by atoms with E-state index in [9.17, 15) is 14.0 Å². The van der Waals surface area contributed by atoms with E-state index in [-0.39, 0.29) is 24.4 Å². The molecule has 1 fully saturated rings. The number of pyridine rings is 1. The molecule has 3 aromatic rings. The summed E-state index contributed by atoms with van der Waals surface area (Å²) < 4.78 is 13.7. The third-order valence-electron chi connectivity index (χ3n) is 6.13. The molecule has 1 aliphatic rings. The standard InChI is InChI=1S/C27H28FN3O2/c1-19(2)30-26(33)27(12-14-31(18-27)25(32)20-8-5-10-23(28)15-20)16-21-7-3-4-11-24(21)22-9-6-13-29-17-22/h3-11,13,15,17,19H,12,14,16,18H2,1-2H3,(H,30,33)/t27-/m1/s1. The first-order valence-electron chi connectivity index (χ1n) is 11.2. The molecular formula is C27H28FN3O2. The maximum atomic E-state index is 13.7. The summed E-state index contributed by atoms with van der Waals surface area (Å²) in [5, 5.41) is 3.06. The summed E-state index contributed by atoms with van der Waals surface area (Å²) in [6.45, 7) is 4.58. The lowest BCUT2D eigenvalue weighted by Gasteiger charge is -2.30. The van der Waals surface area contributed by atoms with Crippen molar-refractivity contribution < 1.29 is 14.0 Å². The van der Waals surface area contributed by atoms with Gasteiger partial charge in [0.25, 0.3) is 5.91 Å². The van der Waals surface area contributed by atoms with Crippen molar-refractivity contribution in [2.24, 2.45) is 5.41 Å². The summed E-state index contributed by atoms with van der Waals surface area (Å²) in [6.07, 6.45) is 4.57. The molecular weight excluding hydrogens is 417 g/mol. The summed E-state index contributed by atoms with van der Waals surface area (Å²) in [6, 6.07) is 17.6. The number of hydrogen-bond acceptors (Lipinski definition) is 3. The monoisotopic (exact) mass is 445 g/mol. The van der Waals surface area contributed by atoms with Gasteiger partial charge in [-0.05, 0) is 62.1 Å². The number of carbonyl (C=O) groups excluding carboxylic acids is 2. The molecule has 1 atom stereocenters. The first-order valence-corrected chi connectivity index (χ1v) is 11.2. The zero-order valence-corrected chi connectivity index (χ0v) is 18.9. The van der Waals surface area contributed by atoms with E-state index in [4.69, 9.17) is 0 Å². The Labute approximate surface area is 193 Å². The number of benzene rings is 2. The molecule has 1 N–H and O–H groups in total. The third kappa shape index (κ3) is 4.95. The van der Waals surface area contributed by atoms with Crippen LogP contribution in [0.2, 0.25) is 0 Å². The van der Waals surface area contributed by atoms with Crippen LogP contribution >= 0.6 is 0 Å². The van der Waals surface area contributed by atoms with Crippen molar-refractivity contribution in [1.82, 2.24) is 15.2 Å². The van der Waals surface area contributed by atoms with Crippen molar-refractivity contribution in [3.63, 3.8) is 0 Å². The number of likely N-dealkylation sites (tertiary alicyclic amines) is 1. The summed E-state index contributed by atoms with van der Waals surface area (Å²) >= 11 is 0. The van der Waals surface area contributed by atoms with Crippen LogP contribution < -0.4 is 5.32 Å². The molecule has 0 radical (unpaired) electrons. The number of halogens is 1. The minimum absolute atomic E-state index is 0.0177. The van der Waals surface area contributed by atoms with Crippen molar-refractivity contribution in [2.45, 2.75) is 32.7 Å². The van der Waals surface area contributed by atoms with Gasteiger partial charge in [0.2, 0.25) is 5.91 Å². The smallest absolute Gasteiger partial charge is 0.253 e. The van der Waals surface area contributed by atoms with Crippen LogP contribution in [-0.4, -0.2) is 40.8 Å². The predicted molar refractivity (Wildman–Crippen MR) is 126 cm³/mol. The highest BCUT2D eigenvalue weighted by molar-refractivity contribution is 5.95. The Morgan fingerprint density at radius 1 is 1.12 bits per heavy atom. The first-order chi connectivity index (χ1) is 15.9. The minimum Gasteiger partial charge on any atom is -0.353 e. The summed E-state index contributed by atoms with van der Waals surface area (Å²) in [5.74, 6) is -0.767. The largest absolute Gasteiger partial charge is 0.353 e. The molecule has 0 spiro atoms. The van der Waals surface area contributed by atoms with Gasteiger partial charge >= 0.3 is 0 Å². The molecule has 2 aromatic carbocycles. The van der Waals surface area contributed by atoms with Crippen LogP contribution in [0.5, 0.6) is 0 Å². The number of amides is 2. The van der Waals surface area contributed by atoms with Crippen molar-refractivity contribution >= 4 is 11.8 Å². The van der Waals surface area contributed by atoms with Crippen LogP contribution in [0.25, 0.3) is 11.1 Å². The lowest BCUT2D eigenvalue weighted by atomic mass is 9.78. The highest BCUT2D eigenvalue weighted by Gasteiger charge is 2.46. The Kier molecular flexibility index (Phi) is 6.54. The SMILES string of the molecule is CC(C)NC(=O)[C@@]1(Cc2ccccc2-c2cccnc2)CCN(C(=O)c2cccc(F)c2)C1. The van der Waals surface area contributed by atoms with Crippen molar-refractivity contribution in [2.75, 3.05) is 13.1 Å². The average molecular weight is 446 g/mol. The third-order valence-corrected chi connectivity index (χ3v) is 6.13. The number of carbonyl (C=O) groups is 2. The van der Waals surface area contributed by atoms with Crippen LogP contribution in [0, 0.1) is 11.2 Å². The molecule has 0 bridgehead atoms. The van der Waals surface area contributed by atoms with E-state index in [1.807, 2.05) is 56.4 Å².